The van der Waals surface area contributed by atoms with Crippen molar-refractivity contribution in [3.63, 3.8) is 0 Å². The van der Waals surface area contributed by atoms with E-state index in [1.807, 2.05) is 30.3 Å². The van der Waals surface area contributed by atoms with Crippen LogP contribution in [-0.2, 0) is 49.1 Å². The minimum atomic E-state index is -2.29. The van der Waals surface area contributed by atoms with Crippen LogP contribution in [0.2, 0.25) is 18.1 Å². The van der Waals surface area contributed by atoms with Crippen LogP contribution in [0.15, 0.2) is 67.3 Å². The van der Waals surface area contributed by atoms with Crippen molar-refractivity contribution in [1.82, 2.24) is 5.32 Å². The molecule has 0 bridgehead atoms. The maximum absolute atomic E-state index is 13.2. The highest BCUT2D eigenvalue weighted by Crippen LogP contribution is 2.65. The zero-order valence-corrected chi connectivity index (χ0v) is 31.2. The van der Waals surface area contributed by atoms with E-state index in [4.69, 9.17) is 23.4 Å². The summed E-state index contributed by atoms with van der Waals surface area (Å²) >= 11 is 0. The van der Waals surface area contributed by atoms with Gasteiger partial charge in [-0.15, -0.1) is 6.58 Å². The number of hydrogen-bond donors (Lipinski definition) is 1. The van der Waals surface area contributed by atoms with Crippen molar-refractivity contribution >= 4 is 32.2 Å². The number of hydrogen-bond acceptors (Lipinski definition) is 10. The van der Waals surface area contributed by atoms with Gasteiger partial charge < -0.3 is 28.7 Å². The number of carbonyl (C=O) groups is 4. The number of allylic oxidation sites excluding steroid dienone is 3. The first-order chi connectivity index (χ1) is 22.5. The SMILES string of the molecule is C=C[C@@]1(O[Si](C)(C)C(C)(C)C)C[C@@]1(C/C=C/CC(C/C=C/CC(NCc1ccccc1)C(=O)OCC)(C(=O)OC)C(=O)OC)C(=O)OC. The second-order valence-electron chi connectivity index (χ2n) is 13.7. The summed E-state index contributed by atoms with van der Waals surface area (Å²) in [6.45, 7) is 17.1. The number of carbonyl (C=O) groups excluding carboxylic acids is 4. The zero-order valence-electron chi connectivity index (χ0n) is 30.2. The molecule has 1 fully saturated rings. The average molecular weight is 686 g/mol. The van der Waals surface area contributed by atoms with Crippen molar-refractivity contribution in [1.29, 1.82) is 0 Å². The monoisotopic (exact) mass is 685 g/mol. The van der Waals surface area contributed by atoms with E-state index in [1.54, 1.807) is 37.3 Å². The molecular weight excluding hydrogens is 630 g/mol. The van der Waals surface area contributed by atoms with Crippen LogP contribution in [0.25, 0.3) is 0 Å². The standard InChI is InChI=1S/C37H55NO9Si/c1-11-37(47-48(9,10)34(3,4)5)27-36(37,33(42)45-8)25-19-18-24-35(31(40)43-6,32(41)44-7)23-17-16-22-29(30(39)46-12-2)38-26-28-20-14-13-15-21-28/h11,13-21,29,38H,1,12,22-27H2,2-10H3/b17-16+,19-18+/t29?,36-,37+/m0/s1. The maximum atomic E-state index is 13.2. The molecule has 0 radical (unpaired) electrons. The molecular formula is C37H55NO9Si. The first-order valence-corrected chi connectivity index (χ1v) is 19.3. The number of benzene rings is 1. The van der Waals surface area contributed by atoms with E-state index in [9.17, 15) is 19.2 Å². The van der Waals surface area contributed by atoms with Gasteiger partial charge in [0.2, 0.25) is 0 Å². The van der Waals surface area contributed by atoms with Crippen molar-refractivity contribution in [2.24, 2.45) is 10.8 Å². The minimum absolute atomic E-state index is 0.0435. The molecule has 1 aromatic carbocycles. The summed E-state index contributed by atoms with van der Waals surface area (Å²) in [5.74, 6) is -2.33. The Kier molecular flexibility index (Phi) is 14.6. The van der Waals surface area contributed by atoms with E-state index < -0.39 is 54.7 Å². The van der Waals surface area contributed by atoms with Crippen LogP contribution in [0.3, 0.4) is 0 Å². The summed E-state index contributed by atoms with van der Waals surface area (Å²) in [4.78, 5) is 52.2. The lowest BCUT2D eigenvalue weighted by Crippen LogP contribution is -2.46. The quantitative estimate of drug-likeness (QED) is 0.0590. The van der Waals surface area contributed by atoms with Gasteiger partial charge in [-0.3, -0.25) is 19.2 Å². The van der Waals surface area contributed by atoms with Crippen LogP contribution in [0.1, 0.15) is 65.4 Å². The van der Waals surface area contributed by atoms with Gasteiger partial charge in [-0.05, 0) is 62.7 Å². The third kappa shape index (κ3) is 9.33. The van der Waals surface area contributed by atoms with E-state index in [-0.39, 0.29) is 37.3 Å². The first kappa shape index (κ1) is 40.6. The van der Waals surface area contributed by atoms with Gasteiger partial charge in [-0.25, -0.2) is 0 Å². The molecule has 1 N–H and O–H groups in total. The molecule has 0 saturated heterocycles. The van der Waals surface area contributed by atoms with Crippen molar-refractivity contribution in [2.45, 2.75) is 96.1 Å². The third-order valence-electron chi connectivity index (χ3n) is 9.62. The molecule has 10 nitrogen and oxygen atoms in total. The molecule has 1 aromatic rings. The fourth-order valence-electron chi connectivity index (χ4n) is 5.54. The summed E-state index contributed by atoms with van der Waals surface area (Å²) in [6, 6.07) is 9.02. The molecule has 266 valence electrons. The maximum Gasteiger partial charge on any atom is 0.323 e. The van der Waals surface area contributed by atoms with Crippen molar-refractivity contribution in [2.75, 3.05) is 27.9 Å². The van der Waals surface area contributed by atoms with E-state index >= 15 is 0 Å². The fraction of sp³-hybridized carbons (Fsp3) is 0.568. The summed E-state index contributed by atoms with van der Waals surface area (Å²) < 4.78 is 27.4. The fourth-order valence-corrected chi connectivity index (χ4v) is 7.11. The predicted octanol–water partition coefficient (Wildman–Crippen LogP) is 6.22. The smallest absolute Gasteiger partial charge is 0.323 e. The second-order valence-corrected chi connectivity index (χ2v) is 18.5. The minimum Gasteiger partial charge on any atom is -0.468 e. The number of esters is 4. The molecule has 0 amide bonds. The number of methoxy groups -OCH3 is 3. The molecule has 0 spiro atoms. The molecule has 1 unspecified atom stereocenters. The molecule has 0 aromatic heterocycles. The molecule has 1 aliphatic carbocycles. The second kappa shape index (κ2) is 17.2. The van der Waals surface area contributed by atoms with Crippen molar-refractivity contribution < 1.29 is 42.6 Å². The first-order valence-electron chi connectivity index (χ1n) is 16.4. The average Bonchev–Trinajstić information content (AvgIpc) is 3.70. The van der Waals surface area contributed by atoms with Crippen molar-refractivity contribution in [3.8, 4) is 0 Å². The van der Waals surface area contributed by atoms with Gasteiger partial charge in [0.25, 0.3) is 0 Å². The van der Waals surface area contributed by atoms with E-state index in [1.165, 1.54) is 21.3 Å². The van der Waals surface area contributed by atoms with E-state index in [0.29, 0.717) is 13.0 Å². The number of rotatable bonds is 19. The summed E-state index contributed by atoms with van der Waals surface area (Å²) in [6.07, 6.45) is 9.40. The Bertz CT molecular complexity index is 1320. The summed E-state index contributed by atoms with van der Waals surface area (Å²) in [5, 5.41) is 3.13. The van der Waals surface area contributed by atoms with Crippen LogP contribution in [0.4, 0.5) is 0 Å². The Balaban J connectivity index is 2.28. The molecule has 0 heterocycles. The molecule has 48 heavy (non-hydrogen) atoms. The largest absolute Gasteiger partial charge is 0.468 e. The van der Waals surface area contributed by atoms with Crippen LogP contribution >= 0.6 is 0 Å². The highest BCUT2D eigenvalue weighted by Gasteiger charge is 2.73. The lowest BCUT2D eigenvalue weighted by Gasteiger charge is -2.40. The normalized spacial score (nSPS) is 20.3. The molecule has 11 heteroatoms. The topological polar surface area (TPSA) is 126 Å². The summed E-state index contributed by atoms with van der Waals surface area (Å²) in [7, 11) is 1.48. The lowest BCUT2D eigenvalue weighted by atomic mass is 9.80. The zero-order chi connectivity index (χ0) is 36.2. The Labute approximate surface area is 287 Å². The lowest BCUT2D eigenvalue weighted by molar-refractivity contribution is -0.168. The Morgan fingerprint density at radius 3 is 2.02 bits per heavy atom. The van der Waals surface area contributed by atoms with Crippen LogP contribution in [0, 0.1) is 10.8 Å². The molecule has 3 atom stereocenters. The van der Waals surface area contributed by atoms with Crippen molar-refractivity contribution in [3.05, 3.63) is 72.9 Å². The van der Waals surface area contributed by atoms with Crippen LogP contribution in [-0.4, -0.2) is 71.8 Å². The van der Waals surface area contributed by atoms with Gasteiger partial charge >= 0.3 is 23.9 Å². The Morgan fingerprint density at radius 1 is 0.938 bits per heavy atom. The van der Waals surface area contributed by atoms with Gasteiger partial charge in [-0.1, -0.05) is 81.5 Å². The Hall–Kier alpha value is -3.54. The highest BCUT2D eigenvalue weighted by molar-refractivity contribution is 6.74. The molecule has 1 saturated carbocycles. The third-order valence-corrected chi connectivity index (χ3v) is 14.1. The van der Waals surface area contributed by atoms with Gasteiger partial charge in [-0.2, -0.15) is 0 Å². The summed E-state index contributed by atoms with van der Waals surface area (Å²) in [5.41, 5.74) is -2.55. The van der Waals surface area contributed by atoms with Gasteiger partial charge in [0, 0.05) is 6.54 Å². The van der Waals surface area contributed by atoms with Crippen LogP contribution < -0.4 is 5.32 Å². The molecule has 1 aliphatic rings. The van der Waals surface area contributed by atoms with Gasteiger partial charge in [0.15, 0.2) is 13.7 Å². The van der Waals surface area contributed by atoms with E-state index in [2.05, 4.69) is 45.8 Å². The van der Waals surface area contributed by atoms with Crippen LogP contribution in [0.5, 0.6) is 0 Å². The number of nitrogens with one attached hydrogen (secondary N) is 1. The van der Waals surface area contributed by atoms with E-state index in [0.717, 1.165) is 5.56 Å². The predicted molar refractivity (Wildman–Crippen MR) is 187 cm³/mol. The molecule has 2 rings (SSSR count). The molecule has 0 aliphatic heterocycles. The van der Waals surface area contributed by atoms with Gasteiger partial charge in [0.1, 0.15) is 11.5 Å². The highest BCUT2D eigenvalue weighted by atomic mass is 28.4. The number of ether oxygens (including phenoxy) is 4. The van der Waals surface area contributed by atoms with Gasteiger partial charge in [0.05, 0.1) is 33.5 Å². The Morgan fingerprint density at radius 2 is 1.52 bits per heavy atom.